The number of ether oxygens (including phenoxy) is 1. The van der Waals surface area contributed by atoms with Gasteiger partial charge in [-0.2, -0.15) is 0 Å². The summed E-state index contributed by atoms with van der Waals surface area (Å²) in [5.41, 5.74) is 1.84. The molecule has 0 saturated carbocycles. The summed E-state index contributed by atoms with van der Waals surface area (Å²) in [6.07, 6.45) is 3.58. The van der Waals surface area contributed by atoms with Crippen molar-refractivity contribution in [2.45, 2.75) is 18.9 Å². The van der Waals surface area contributed by atoms with Crippen LogP contribution in [0.2, 0.25) is 0 Å². The molecular weight excluding hydrogens is 295 g/mol. The van der Waals surface area contributed by atoms with Crippen molar-refractivity contribution in [3.8, 4) is 11.3 Å². The Hall–Kier alpha value is -2.47. The maximum atomic E-state index is 14.1. The first-order valence-electron chi connectivity index (χ1n) is 7.75. The van der Waals surface area contributed by atoms with E-state index in [9.17, 15) is 4.39 Å². The Morgan fingerprint density at radius 2 is 1.96 bits per heavy atom. The molecule has 1 saturated heterocycles. The number of nitrogens with zero attached hydrogens (tertiary/aromatic N) is 3. The average molecular weight is 312 g/mol. The van der Waals surface area contributed by atoms with E-state index in [2.05, 4.69) is 15.4 Å². The van der Waals surface area contributed by atoms with Crippen LogP contribution in [0.1, 0.15) is 12.8 Å². The highest BCUT2D eigenvalue weighted by Crippen LogP contribution is 2.24. The molecule has 1 fully saturated rings. The van der Waals surface area contributed by atoms with Gasteiger partial charge in [0, 0.05) is 24.8 Å². The molecular formula is C17H17FN4O. The minimum Gasteiger partial charge on any atom is -0.381 e. The Kier molecular flexibility index (Phi) is 3.67. The zero-order valence-corrected chi connectivity index (χ0v) is 12.6. The fraction of sp³-hybridized carbons (Fsp3) is 0.294. The average Bonchev–Trinajstić information content (AvgIpc) is 2.99. The van der Waals surface area contributed by atoms with E-state index in [1.54, 1.807) is 22.8 Å². The number of hydrogen-bond donors (Lipinski definition) is 1. The molecule has 0 radical (unpaired) electrons. The molecule has 0 unspecified atom stereocenters. The zero-order valence-electron chi connectivity index (χ0n) is 12.6. The van der Waals surface area contributed by atoms with Crippen LogP contribution in [0.15, 0.2) is 42.6 Å². The molecule has 0 atom stereocenters. The van der Waals surface area contributed by atoms with Crippen LogP contribution in [0.4, 0.5) is 10.2 Å². The van der Waals surface area contributed by atoms with E-state index >= 15 is 0 Å². The summed E-state index contributed by atoms with van der Waals surface area (Å²) < 4.78 is 21.1. The number of imidazole rings is 1. The lowest BCUT2D eigenvalue weighted by Gasteiger charge is -2.23. The van der Waals surface area contributed by atoms with Gasteiger partial charge in [-0.25, -0.2) is 13.9 Å². The molecule has 4 rings (SSSR count). The van der Waals surface area contributed by atoms with E-state index < -0.39 is 0 Å². The van der Waals surface area contributed by atoms with Crippen LogP contribution in [-0.2, 0) is 4.74 Å². The van der Waals surface area contributed by atoms with Crippen LogP contribution in [-0.4, -0.2) is 33.9 Å². The maximum absolute atomic E-state index is 14.1. The molecule has 0 amide bonds. The molecule has 1 aliphatic rings. The first kappa shape index (κ1) is 14.1. The normalized spacial score (nSPS) is 15.9. The molecule has 1 N–H and O–H groups in total. The van der Waals surface area contributed by atoms with E-state index in [0.717, 1.165) is 31.9 Å². The second kappa shape index (κ2) is 5.96. The van der Waals surface area contributed by atoms with Crippen LogP contribution in [0, 0.1) is 5.82 Å². The van der Waals surface area contributed by atoms with Crippen molar-refractivity contribution >= 4 is 11.5 Å². The van der Waals surface area contributed by atoms with Gasteiger partial charge in [0.05, 0.1) is 11.9 Å². The number of rotatable bonds is 3. The van der Waals surface area contributed by atoms with Gasteiger partial charge < -0.3 is 10.1 Å². The van der Waals surface area contributed by atoms with Gasteiger partial charge in [0.15, 0.2) is 5.65 Å². The van der Waals surface area contributed by atoms with Crippen molar-refractivity contribution in [1.29, 1.82) is 0 Å². The van der Waals surface area contributed by atoms with Crippen LogP contribution >= 0.6 is 0 Å². The summed E-state index contributed by atoms with van der Waals surface area (Å²) in [5.74, 6) is 0.485. The summed E-state index contributed by atoms with van der Waals surface area (Å²) in [7, 11) is 0. The van der Waals surface area contributed by atoms with Crippen molar-refractivity contribution in [3.63, 3.8) is 0 Å². The van der Waals surface area contributed by atoms with Gasteiger partial charge in [-0.05, 0) is 37.1 Å². The molecule has 1 aliphatic heterocycles. The monoisotopic (exact) mass is 312 g/mol. The molecule has 0 bridgehead atoms. The van der Waals surface area contributed by atoms with Gasteiger partial charge in [-0.1, -0.05) is 12.1 Å². The summed E-state index contributed by atoms with van der Waals surface area (Å²) in [5, 5.41) is 8.00. The lowest BCUT2D eigenvalue weighted by molar-refractivity contribution is 0.0903. The lowest BCUT2D eigenvalue weighted by atomic mass is 10.1. The van der Waals surface area contributed by atoms with Gasteiger partial charge in [0.1, 0.15) is 11.6 Å². The Labute approximate surface area is 133 Å². The standard InChI is InChI=1S/C17H17FN4O/c18-14-4-2-1-3-13(14)15-11-19-17-6-5-16(21-22(15)17)20-12-7-9-23-10-8-12/h1-6,11-12H,7-10H2,(H,20,21). The van der Waals surface area contributed by atoms with Crippen LogP contribution in [0.5, 0.6) is 0 Å². The van der Waals surface area contributed by atoms with E-state index in [-0.39, 0.29) is 5.82 Å². The Balaban J connectivity index is 1.70. The topological polar surface area (TPSA) is 51.5 Å². The summed E-state index contributed by atoms with van der Waals surface area (Å²) in [4.78, 5) is 4.31. The summed E-state index contributed by atoms with van der Waals surface area (Å²) >= 11 is 0. The number of fused-ring (bicyclic) bond motifs is 1. The first-order chi connectivity index (χ1) is 11.3. The Morgan fingerprint density at radius 3 is 2.78 bits per heavy atom. The van der Waals surface area contributed by atoms with Gasteiger partial charge >= 0.3 is 0 Å². The largest absolute Gasteiger partial charge is 0.381 e. The van der Waals surface area contributed by atoms with E-state index in [1.807, 2.05) is 18.2 Å². The third-order valence-corrected chi connectivity index (χ3v) is 4.09. The predicted octanol–water partition coefficient (Wildman–Crippen LogP) is 3.13. The highest BCUT2D eigenvalue weighted by atomic mass is 19.1. The second-order valence-electron chi connectivity index (χ2n) is 5.64. The number of hydrogen-bond acceptors (Lipinski definition) is 4. The summed E-state index contributed by atoms with van der Waals surface area (Å²) in [6, 6.07) is 10.8. The minimum absolute atomic E-state index is 0.279. The fourth-order valence-corrected chi connectivity index (χ4v) is 2.85. The molecule has 1 aromatic carbocycles. The van der Waals surface area contributed by atoms with Gasteiger partial charge in [-0.3, -0.25) is 0 Å². The first-order valence-corrected chi connectivity index (χ1v) is 7.75. The minimum atomic E-state index is -0.279. The van der Waals surface area contributed by atoms with Crippen molar-refractivity contribution < 1.29 is 9.13 Å². The molecule has 5 nitrogen and oxygen atoms in total. The molecule has 2 aromatic heterocycles. The third-order valence-electron chi connectivity index (χ3n) is 4.09. The van der Waals surface area contributed by atoms with Crippen molar-refractivity contribution in [2.24, 2.45) is 0 Å². The van der Waals surface area contributed by atoms with Crippen LogP contribution in [0.25, 0.3) is 16.9 Å². The molecule has 23 heavy (non-hydrogen) atoms. The Morgan fingerprint density at radius 1 is 1.13 bits per heavy atom. The lowest BCUT2D eigenvalue weighted by Crippen LogP contribution is -2.28. The van der Waals surface area contributed by atoms with Crippen molar-refractivity contribution in [2.75, 3.05) is 18.5 Å². The van der Waals surface area contributed by atoms with E-state index in [1.165, 1.54) is 6.07 Å². The van der Waals surface area contributed by atoms with Crippen LogP contribution in [0.3, 0.4) is 0 Å². The molecule has 3 heterocycles. The number of halogens is 1. The van der Waals surface area contributed by atoms with Crippen LogP contribution < -0.4 is 5.32 Å². The van der Waals surface area contributed by atoms with Crippen molar-refractivity contribution in [1.82, 2.24) is 14.6 Å². The maximum Gasteiger partial charge on any atom is 0.154 e. The van der Waals surface area contributed by atoms with E-state index in [0.29, 0.717) is 22.9 Å². The number of anilines is 1. The van der Waals surface area contributed by atoms with Gasteiger partial charge in [-0.15, -0.1) is 5.10 Å². The van der Waals surface area contributed by atoms with Crippen molar-refractivity contribution in [3.05, 3.63) is 48.4 Å². The fourth-order valence-electron chi connectivity index (χ4n) is 2.85. The van der Waals surface area contributed by atoms with E-state index in [4.69, 9.17) is 4.74 Å². The third kappa shape index (κ3) is 2.77. The molecule has 0 aliphatic carbocycles. The molecule has 3 aromatic rings. The highest BCUT2D eigenvalue weighted by molar-refractivity contribution is 5.64. The highest BCUT2D eigenvalue weighted by Gasteiger charge is 2.15. The smallest absolute Gasteiger partial charge is 0.154 e. The molecule has 6 heteroatoms. The van der Waals surface area contributed by atoms with Gasteiger partial charge in [0.2, 0.25) is 0 Å². The van der Waals surface area contributed by atoms with Gasteiger partial charge in [0.25, 0.3) is 0 Å². The quantitative estimate of drug-likeness (QED) is 0.807. The zero-order chi connectivity index (χ0) is 15.6. The molecule has 118 valence electrons. The second-order valence-corrected chi connectivity index (χ2v) is 5.64. The number of aromatic nitrogens is 3. The SMILES string of the molecule is Fc1ccccc1-c1cnc2ccc(NC3CCOCC3)nn12. The molecule has 0 spiro atoms. The number of benzene rings is 1. The predicted molar refractivity (Wildman–Crippen MR) is 85.8 cm³/mol. The summed E-state index contributed by atoms with van der Waals surface area (Å²) in [6.45, 7) is 1.54. The Bertz CT molecular complexity index is 826. The number of nitrogens with one attached hydrogen (secondary N) is 1.